The first-order valence-electron chi connectivity index (χ1n) is 7.05. The smallest absolute Gasteiger partial charge is 0.260 e. The zero-order chi connectivity index (χ0) is 16.2. The van der Waals surface area contributed by atoms with Crippen LogP contribution in [0, 0.1) is 0 Å². The topological polar surface area (TPSA) is 83.9 Å². The molecule has 1 N–H and O–H groups in total. The number of hydrogen-bond acceptors (Lipinski definition) is 4. The molecule has 0 aliphatic rings. The predicted molar refractivity (Wildman–Crippen MR) is 84.2 cm³/mol. The van der Waals surface area contributed by atoms with E-state index in [4.69, 9.17) is 0 Å². The number of nitrogens with zero attached hydrogens (tertiary/aromatic N) is 4. The number of carbonyl (C=O) groups excluding carboxylic acids is 1. The molecule has 0 radical (unpaired) electrons. The monoisotopic (exact) mass is 309 g/mol. The van der Waals surface area contributed by atoms with Crippen LogP contribution in [0.15, 0.2) is 59.7 Å². The summed E-state index contributed by atoms with van der Waals surface area (Å²) in [5.41, 5.74) is 1.17. The molecule has 0 saturated heterocycles. The molecular formula is C16H15N5O2. The lowest BCUT2D eigenvalue weighted by Gasteiger charge is -2.14. The van der Waals surface area contributed by atoms with Crippen molar-refractivity contribution in [1.82, 2.24) is 24.9 Å². The molecule has 0 fully saturated rings. The van der Waals surface area contributed by atoms with E-state index >= 15 is 0 Å². The van der Waals surface area contributed by atoms with Gasteiger partial charge in [-0.1, -0.05) is 18.2 Å². The molecule has 1 amide bonds. The van der Waals surface area contributed by atoms with Crippen LogP contribution in [0.25, 0.3) is 5.69 Å². The highest BCUT2D eigenvalue weighted by Gasteiger charge is 2.16. The van der Waals surface area contributed by atoms with E-state index in [1.807, 2.05) is 30.3 Å². The minimum absolute atomic E-state index is 0.102. The Kier molecular flexibility index (Phi) is 4.01. The molecule has 0 bridgehead atoms. The number of benzene rings is 1. The van der Waals surface area contributed by atoms with E-state index in [9.17, 15) is 9.59 Å². The molecule has 0 saturated carbocycles. The summed E-state index contributed by atoms with van der Waals surface area (Å²) in [6, 6.07) is 12.6. The maximum absolute atomic E-state index is 12.3. The summed E-state index contributed by atoms with van der Waals surface area (Å²) < 4.78 is 0. The quantitative estimate of drug-likeness (QED) is 0.785. The Morgan fingerprint density at radius 2 is 2.00 bits per heavy atom. The molecule has 2 aromatic heterocycles. The fourth-order valence-electron chi connectivity index (χ4n) is 2.16. The molecule has 23 heavy (non-hydrogen) atoms. The lowest BCUT2D eigenvalue weighted by atomic mass is 10.2. The van der Waals surface area contributed by atoms with E-state index in [-0.39, 0.29) is 18.0 Å². The van der Waals surface area contributed by atoms with Gasteiger partial charge in [-0.25, -0.2) is 0 Å². The maximum Gasteiger partial charge on any atom is 0.260 e. The lowest BCUT2D eigenvalue weighted by molar-refractivity contribution is 0.0781. The molecular weight excluding hydrogens is 294 g/mol. The molecule has 0 aliphatic heterocycles. The molecule has 2 heterocycles. The molecule has 3 rings (SSSR count). The third-order valence-corrected chi connectivity index (χ3v) is 3.32. The molecule has 3 aromatic rings. The summed E-state index contributed by atoms with van der Waals surface area (Å²) in [5.74, 6) is -0.360. The number of nitrogens with one attached hydrogen (secondary N) is 1. The summed E-state index contributed by atoms with van der Waals surface area (Å²) in [6.45, 7) is 0.264. The molecule has 1 aromatic carbocycles. The zero-order valence-corrected chi connectivity index (χ0v) is 12.5. The Labute approximate surface area is 132 Å². The number of carbonyl (C=O) groups is 1. The Hall–Kier alpha value is -3.22. The second-order valence-corrected chi connectivity index (χ2v) is 5.04. The minimum atomic E-state index is -0.405. The third kappa shape index (κ3) is 3.18. The van der Waals surface area contributed by atoms with Crippen molar-refractivity contribution in [3.63, 3.8) is 0 Å². The number of pyridine rings is 1. The van der Waals surface area contributed by atoms with Gasteiger partial charge in [0.1, 0.15) is 11.3 Å². The Bertz CT molecular complexity index is 869. The Morgan fingerprint density at radius 3 is 2.74 bits per heavy atom. The summed E-state index contributed by atoms with van der Waals surface area (Å²) >= 11 is 0. The average molecular weight is 309 g/mol. The Morgan fingerprint density at radius 1 is 1.22 bits per heavy atom. The zero-order valence-electron chi connectivity index (χ0n) is 12.5. The van der Waals surface area contributed by atoms with E-state index in [2.05, 4.69) is 15.2 Å². The van der Waals surface area contributed by atoms with Crippen molar-refractivity contribution in [2.24, 2.45) is 0 Å². The second kappa shape index (κ2) is 6.27. The first kappa shape index (κ1) is 14.7. The van der Waals surface area contributed by atoms with Crippen molar-refractivity contribution < 1.29 is 4.79 Å². The van der Waals surface area contributed by atoms with Gasteiger partial charge in [0.05, 0.1) is 18.4 Å². The summed E-state index contributed by atoms with van der Waals surface area (Å²) in [6.07, 6.45) is 3.09. The van der Waals surface area contributed by atoms with Gasteiger partial charge >= 0.3 is 0 Å². The van der Waals surface area contributed by atoms with Gasteiger partial charge in [0.25, 0.3) is 11.5 Å². The van der Waals surface area contributed by atoms with Crippen LogP contribution in [0.2, 0.25) is 0 Å². The van der Waals surface area contributed by atoms with Crippen LogP contribution < -0.4 is 5.56 Å². The van der Waals surface area contributed by atoms with Gasteiger partial charge in [-0.05, 0) is 24.3 Å². The van der Waals surface area contributed by atoms with Crippen molar-refractivity contribution in [1.29, 1.82) is 0 Å². The number of aromatic nitrogens is 4. The van der Waals surface area contributed by atoms with Crippen molar-refractivity contribution in [3.05, 3.63) is 76.5 Å². The van der Waals surface area contributed by atoms with Gasteiger partial charge in [-0.15, -0.1) is 0 Å². The van der Waals surface area contributed by atoms with Crippen LogP contribution >= 0.6 is 0 Å². The highest BCUT2D eigenvalue weighted by atomic mass is 16.2. The summed E-state index contributed by atoms with van der Waals surface area (Å²) in [4.78, 5) is 29.4. The fourth-order valence-corrected chi connectivity index (χ4v) is 2.16. The minimum Gasteiger partial charge on any atom is -0.335 e. The van der Waals surface area contributed by atoms with Gasteiger partial charge in [-0.3, -0.25) is 9.59 Å². The normalized spacial score (nSPS) is 10.5. The van der Waals surface area contributed by atoms with Gasteiger partial charge in [-0.2, -0.15) is 15.0 Å². The van der Waals surface area contributed by atoms with Crippen LogP contribution in [-0.2, 0) is 6.54 Å². The van der Waals surface area contributed by atoms with Gasteiger partial charge in [0.2, 0.25) is 0 Å². The second-order valence-electron chi connectivity index (χ2n) is 5.04. The van der Waals surface area contributed by atoms with Crippen molar-refractivity contribution in [3.8, 4) is 5.69 Å². The summed E-state index contributed by atoms with van der Waals surface area (Å²) in [5, 5.41) is 8.53. The largest absolute Gasteiger partial charge is 0.335 e. The molecule has 116 valence electrons. The van der Waals surface area contributed by atoms with E-state index in [0.717, 1.165) is 5.69 Å². The molecule has 0 unspecified atom stereocenters. The first-order chi connectivity index (χ1) is 11.1. The molecule has 0 spiro atoms. The van der Waals surface area contributed by atoms with Crippen molar-refractivity contribution in [2.75, 3.05) is 7.05 Å². The number of rotatable bonds is 4. The van der Waals surface area contributed by atoms with Crippen LogP contribution in [0.1, 0.15) is 16.1 Å². The molecule has 0 aliphatic carbocycles. The summed E-state index contributed by atoms with van der Waals surface area (Å²) in [7, 11) is 1.62. The SMILES string of the molecule is CN(Cc1cnn(-c2ccccc2)n1)C(=O)c1ccc[nH]c1=O. The predicted octanol–water partition coefficient (Wildman–Crippen LogP) is 1.23. The third-order valence-electron chi connectivity index (χ3n) is 3.32. The first-order valence-corrected chi connectivity index (χ1v) is 7.05. The van der Waals surface area contributed by atoms with E-state index in [0.29, 0.717) is 5.69 Å². The van der Waals surface area contributed by atoms with E-state index in [1.54, 1.807) is 19.3 Å². The van der Waals surface area contributed by atoms with E-state index in [1.165, 1.54) is 22.0 Å². The van der Waals surface area contributed by atoms with Crippen LogP contribution in [0.5, 0.6) is 0 Å². The van der Waals surface area contributed by atoms with Crippen LogP contribution in [0.3, 0.4) is 0 Å². The van der Waals surface area contributed by atoms with Gasteiger partial charge < -0.3 is 9.88 Å². The number of amides is 1. The molecule has 7 heteroatoms. The number of hydrogen-bond donors (Lipinski definition) is 1. The fraction of sp³-hybridized carbons (Fsp3) is 0.125. The van der Waals surface area contributed by atoms with Crippen molar-refractivity contribution >= 4 is 5.91 Å². The van der Waals surface area contributed by atoms with Crippen LogP contribution in [0.4, 0.5) is 0 Å². The highest BCUT2D eigenvalue weighted by molar-refractivity contribution is 5.93. The van der Waals surface area contributed by atoms with Gasteiger partial charge in [0.15, 0.2) is 0 Å². The Balaban J connectivity index is 1.75. The number of H-pyrrole nitrogens is 1. The van der Waals surface area contributed by atoms with Crippen molar-refractivity contribution in [2.45, 2.75) is 6.54 Å². The van der Waals surface area contributed by atoms with Gasteiger partial charge in [0, 0.05) is 13.2 Å². The molecule has 7 nitrogen and oxygen atoms in total. The average Bonchev–Trinajstić information content (AvgIpc) is 3.04. The lowest BCUT2D eigenvalue weighted by Crippen LogP contribution is -2.31. The van der Waals surface area contributed by atoms with Crippen LogP contribution in [-0.4, -0.2) is 37.8 Å². The molecule has 0 atom stereocenters. The standard InChI is InChI=1S/C16H15N5O2/c1-20(16(23)14-8-5-9-17-15(14)22)11-12-10-18-21(19-12)13-6-3-2-4-7-13/h2-10H,11H2,1H3,(H,17,22). The maximum atomic E-state index is 12.3. The number of para-hydroxylation sites is 1. The number of aromatic amines is 1. The van der Waals surface area contributed by atoms with E-state index < -0.39 is 5.56 Å². The highest BCUT2D eigenvalue weighted by Crippen LogP contribution is 2.07.